The maximum absolute atomic E-state index is 6.36. The number of fused-ring (bicyclic) bond motifs is 3. The third-order valence-electron chi connectivity index (χ3n) is 5.07. The van der Waals surface area contributed by atoms with Crippen molar-refractivity contribution in [1.82, 2.24) is 14.8 Å². The van der Waals surface area contributed by atoms with Gasteiger partial charge in [-0.15, -0.1) is 5.10 Å². The lowest BCUT2D eigenvalue weighted by Gasteiger charge is -2.16. The molecule has 0 saturated carbocycles. The van der Waals surface area contributed by atoms with Gasteiger partial charge in [-0.3, -0.25) is 0 Å². The fraction of sp³-hybridized carbons (Fsp3) is 0.136. The molecule has 4 nitrogen and oxygen atoms in total. The summed E-state index contributed by atoms with van der Waals surface area (Å²) in [6, 6.07) is 20.6. The van der Waals surface area contributed by atoms with Gasteiger partial charge in [-0.05, 0) is 42.5 Å². The number of nitrogens with one attached hydrogen (secondary N) is 1. The van der Waals surface area contributed by atoms with Crippen LogP contribution < -0.4 is 5.73 Å². The number of allylic oxidation sites excluding steroid dienone is 1. The Morgan fingerprint density at radius 3 is 2.46 bits per heavy atom. The van der Waals surface area contributed by atoms with Gasteiger partial charge >= 0.3 is 0 Å². The van der Waals surface area contributed by atoms with Crippen LogP contribution in [0, 0.1) is 0 Å². The maximum atomic E-state index is 6.36. The lowest BCUT2D eigenvalue weighted by Crippen LogP contribution is -2.02. The number of rotatable bonds is 2. The first kappa shape index (κ1) is 15.0. The fourth-order valence-corrected chi connectivity index (χ4v) is 3.93. The molecule has 1 aliphatic rings. The van der Waals surface area contributed by atoms with Gasteiger partial charge in [0.15, 0.2) is 5.82 Å². The summed E-state index contributed by atoms with van der Waals surface area (Å²) in [7, 11) is 0. The largest absolute Gasteiger partial charge is 0.382 e. The van der Waals surface area contributed by atoms with E-state index >= 15 is 0 Å². The highest BCUT2D eigenvalue weighted by molar-refractivity contribution is 6.03. The number of para-hydroxylation sites is 1. The average Bonchev–Trinajstić information content (AvgIpc) is 3.22. The number of nitrogen functional groups attached to an aromatic ring is 1. The molecule has 128 valence electrons. The van der Waals surface area contributed by atoms with Gasteiger partial charge in [-0.1, -0.05) is 54.6 Å². The summed E-state index contributed by atoms with van der Waals surface area (Å²) in [6.45, 7) is 0. The Kier molecular flexibility index (Phi) is 3.42. The molecule has 26 heavy (non-hydrogen) atoms. The third kappa shape index (κ3) is 2.34. The zero-order valence-corrected chi connectivity index (χ0v) is 14.4. The molecule has 2 aromatic carbocycles. The molecule has 0 radical (unpaired) electrons. The lowest BCUT2D eigenvalue weighted by molar-refractivity contribution is 0.802. The molecule has 0 unspecified atom stereocenters. The number of benzene rings is 2. The van der Waals surface area contributed by atoms with Crippen LogP contribution in [-0.2, 0) is 6.42 Å². The highest BCUT2D eigenvalue weighted by Crippen LogP contribution is 2.40. The van der Waals surface area contributed by atoms with Crippen LogP contribution in [0.15, 0.2) is 60.7 Å². The van der Waals surface area contributed by atoms with Crippen LogP contribution in [0.25, 0.3) is 28.4 Å². The molecule has 0 atom stereocenters. The first-order valence-corrected chi connectivity index (χ1v) is 9.02. The van der Waals surface area contributed by atoms with E-state index in [4.69, 9.17) is 5.73 Å². The van der Waals surface area contributed by atoms with Gasteiger partial charge in [-0.25, -0.2) is 4.68 Å². The van der Waals surface area contributed by atoms with Gasteiger partial charge in [0.2, 0.25) is 0 Å². The first-order valence-electron chi connectivity index (χ1n) is 9.02. The monoisotopic (exact) mass is 340 g/mol. The second kappa shape index (κ2) is 5.92. The highest BCUT2D eigenvalue weighted by Gasteiger charge is 2.25. The number of aromatic amines is 1. The van der Waals surface area contributed by atoms with Gasteiger partial charge in [0.1, 0.15) is 5.65 Å². The first-order chi connectivity index (χ1) is 12.8. The molecule has 3 N–H and O–H groups in total. The van der Waals surface area contributed by atoms with Crippen molar-refractivity contribution in [2.24, 2.45) is 0 Å². The molecular formula is C22H20N4. The minimum Gasteiger partial charge on any atom is -0.382 e. The molecule has 0 fully saturated rings. The molecular weight excluding hydrogens is 320 g/mol. The molecule has 4 aromatic rings. The van der Waals surface area contributed by atoms with Crippen LogP contribution in [0.2, 0.25) is 0 Å². The van der Waals surface area contributed by atoms with E-state index in [1.54, 1.807) is 0 Å². The minimum atomic E-state index is 0.585. The Hall–Kier alpha value is -3.27. The maximum Gasteiger partial charge on any atom is 0.156 e. The summed E-state index contributed by atoms with van der Waals surface area (Å²) in [6.07, 6.45) is 5.53. The normalized spacial score (nSPS) is 15.5. The highest BCUT2D eigenvalue weighted by atomic mass is 15.3. The Bertz CT molecular complexity index is 1100. The molecule has 1 aliphatic carbocycles. The van der Waals surface area contributed by atoms with Crippen LogP contribution in [0.5, 0.6) is 0 Å². The van der Waals surface area contributed by atoms with Crippen molar-refractivity contribution in [3.63, 3.8) is 0 Å². The van der Waals surface area contributed by atoms with Crippen molar-refractivity contribution < 1.29 is 0 Å². The predicted octanol–water partition coefficient (Wildman–Crippen LogP) is 4.81. The minimum absolute atomic E-state index is 0.585. The number of hydrogen-bond acceptors (Lipinski definition) is 2. The van der Waals surface area contributed by atoms with Crippen molar-refractivity contribution in [3.8, 4) is 5.69 Å². The van der Waals surface area contributed by atoms with E-state index in [1.807, 2.05) is 41.1 Å². The van der Waals surface area contributed by atoms with Gasteiger partial charge in [0.05, 0.1) is 11.1 Å². The van der Waals surface area contributed by atoms with Crippen molar-refractivity contribution in [2.45, 2.75) is 19.3 Å². The zero-order chi connectivity index (χ0) is 17.5. The van der Waals surface area contributed by atoms with Crippen molar-refractivity contribution in [2.75, 3.05) is 5.73 Å². The number of aromatic nitrogens is 3. The average molecular weight is 340 g/mol. The van der Waals surface area contributed by atoms with Crippen LogP contribution in [0.4, 0.5) is 5.82 Å². The second-order valence-corrected chi connectivity index (χ2v) is 6.77. The Balaban J connectivity index is 1.73. The van der Waals surface area contributed by atoms with Gasteiger partial charge in [-0.2, -0.15) is 0 Å². The number of H-pyrrole nitrogens is 1. The molecule has 0 aliphatic heterocycles. The van der Waals surface area contributed by atoms with Crippen LogP contribution >= 0.6 is 0 Å². The smallest absolute Gasteiger partial charge is 0.156 e. The van der Waals surface area contributed by atoms with Crippen molar-refractivity contribution in [3.05, 3.63) is 77.5 Å². The standard InChI is InChI=1S/C22H20N4/c23-21-20-19-16(14-15-8-3-1-4-9-15)10-7-13-18(19)24-22(20)26(25-21)17-11-5-2-6-12-17/h1-6,8-9,11-12,14,24H,7,10,13H2,(H2,23,25). The summed E-state index contributed by atoms with van der Waals surface area (Å²) in [5, 5.41) is 5.65. The van der Waals surface area contributed by atoms with Gasteiger partial charge < -0.3 is 10.7 Å². The van der Waals surface area contributed by atoms with E-state index in [-0.39, 0.29) is 0 Å². The number of anilines is 1. The lowest BCUT2D eigenvalue weighted by atomic mass is 9.89. The van der Waals surface area contributed by atoms with E-state index in [2.05, 4.69) is 40.4 Å². The number of nitrogens with zero attached hydrogens (tertiary/aromatic N) is 2. The topological polar surface area (TPSA) is 59.6 Å². The summed E-state index contributed by atoms with van der Waals surface area (Å²) in [4.78, 5) is 3.60. The van der Waals surface area contributed by atoms with E-state index < -0.39 is 0 Å². The Morgan fingerprint density at radius 1 is 0.962 bits per heavy atom. The fourth-order valence-electron chi connectivity index (χ4n) is 3.93. The second-order valence-electron chi connectivity index (χ2n) is 6.77. The number of hydrogen-bond donors (Lipinski definition) is 2. The molecule has 0 bridgehead atoms. The number of nitrogens with two attached hydrogens (primary N) is 1. The zero-order valence-electron chi connectivity index (χ0n) is 14.4. The molecule has 0 saturated heterocycles. The molecule has 0 amide bonds. The summed E-state index contributed by atoms with van der Waals surface area (Å²) in [5.74, 6) is 0.585. The van der Waals surface area contributed by atoms with Crippen LogP contribution in [-0.4, -0.2) is 14.8 Å². The summed E-state index contributed by atoms with van der Waals surface area (Å²) >= 11 is 0. The third-order valence-corrected chi connectivity index (χ3v) is 5.07. The Morgan fingerprint density at radius 2 is 1.69 bits per heavy atom. The van der Waals surface area contributed by atoms with E-state index in [0.717, 1.165) is 36.0 Å². The van der Waals surface area contributed by atoms with E-state index in [0.29, 0.717) is 5.82 Å². The Labute approximate surface area is 152 Å². The SMILES string of the molecule is Nc1nn(-c2ccccc2)c2[nH]c3c(c12)C(=Cc1ccccc1)CCC3. The van der Waals surface area contributed by atoms with E-state index in [9.17, 15) is 0 Å². The summed E-state index contributed by atoms with van der Waals surface area (Å²) in [5.41, 5.74) is 13.4. The van der Waals surface area contributed by atoms with Gasteiger partial charge in [0, 0.05) is 11.3 Å². The molecule has 0 spiro atoms. The molecule has 5 rings (SSSR count). The quantitative estimate of drug-likeness (QED) is 0.550. The number of aryl methyl sites for hydroxylation is 1. The molecule has 2 aromatic heterocycles. The van der Waals surface area contributed by atoms with Crippen molar-refractivity contribution >= 4 is 28.5 Å². The molecule has 2 heterocycles. The van der Waals surface area contributed by atoms with E-state index in [1.165, 1.54) is 22.4 Å². The molecule has 4 heteroatoms. The summed E-state index contributed by atoms with van der Waals surface area (Å²) < 4.78 is 1.92. The predicted molar refractivity (Wildman–Crippen MR) is 107 cm³/mol. The van der Waals surface area contributed by atoms with Gasteiger partial charge in [0.25, 0.3) is 0 Å². The van der Waals surface area contributed by atoms with Crippen molar-refractivity contribution in [1.29, 1.82) is 0 Å². The van der Waals surface area contributed by atoms with Crippen LogP contribution in [0.3, 0.4) is 0 Å². The van der Waals surface area contributed by atoms with Crippen LogP contribution in [0.1, 0.15) is 29.7 Å².